The smallest absolute Gasteiger partial charge is 0.396 e. The van der Waals surface area contributed by atoms with Gasteiger partial charge >= 0.3 is 11.9 Å². The average molecular weight is 271 g/mol. The standard InChI is InChI=1S/C10H13N3O4S/c1-3-16-9(15)7-11-12-10(17-7)18-6-4-5-13(2)8(6)14/h6H,3-5H2,1-2H3. The quantitative estimate of drug-likeness (QED) is 0.740. The second kappa shape index (κ2) is 5.38. The van der Waals surface area contributed by atoms with Gasteiger partial charge in [0.25, 0.3) is 5.22 Å². The highest BCUT2D eigenvalue weighted by molar-refractivity contribution is 8.00. The van der Waals surface area contributed by atoms with E-state index in [0.29, 0.717) is 0 Å². The molecule has 1 aliphatic heterocycles. The third-order valence-corrected chi connectivity index (χ3v) is 3.57. The molecule has 8 heteroatoms. The van der Waals surface area contributed by atoms with Gasteiger partial charge < -0.3 is 14.1 Å². The normalized spacial score (nSPS) is 19.3. The second-order valence-corrected chi connectivity index (χ2v) is 4.90. The fraction of sp³-hybridized carbons (Fsp3) is 0.600. The van der Waals surface area contributed by atoms with Gasteiger partial charge in [0.05, 0.1) is 11.9 Å². The van der Waals surface area contributed by atoms with E-state index in [0.717, 1.165) is 13.0 Å². The van der Waals surface area contributed by atoms with E-state index in [1.807, 2.05) is 0 Å². The lowest BCUT2D eigenvalue weighted by molar-refractivity contribution is -0.126. The lowest BCUT2D eigenvalue weighted by atomic mass is 10.4. The number of amides is 1. The minimum atomic E-state index is -0.647. The zero-order valence-corrected chi connectivity index (χ0v) is 10.9. The number of carbonyl (C=O) groups excluding carboxylic acids is 2. The van der Waals surface area contributed by atoms with E-state index in [-0.39, 0.29) is 28.9 Å². The zero-order chi connectivity index (χ0) is 13.1. The third-order valence-electron chi connectivity index (χ3n) is 2.48. The Labute approximate surface area is 108 Å². The minimum absolute atomic E-state index is 0.0379. The molecule has 0 N–H and O–H groups in total. The Kier molecular flexibility index (Phi) is 3.85. The van der Waals surface area contributed by atoms with Gasteiger partial charge in [-0.15, -0.1) is 5.10 Å². The lowest BCUT2D eigenvalue weighted by Crippen LogP contribution is -2.23. The van der Waals surface area contributed by atoms with Crippen LogP contribution < -0.4 is 0 Å². The van der Waals surface area contributed by atoms with Crippen molar-refractivity contribution in [1.82, 2.24) is 15.1 Å². The molecule has 1 atom stereocenters. The summed E-state index contributed by atoms with van der Waals surface area (Å²) < 4.78 is 9.87. The minimum Gasteiger partial charge on any atom is -0.459 e. The Morgan fingerprint density at radius 1 is 1.61 bits per heavy atom. The summed E-state index contributed by atoms with van der Waals surface area (Å²) in [4.78, 5) is 24.6. The molecule has 0 spiro atoms. The number of aromatic nitrogens is 2. The molecule has 1 fully saturated rings. The molecule has 0 aromatic carbocycles. The maximum Gasteiger partial charge on any atom is 0.396 e. The molecule has 1 aromatic heterocycles. The van der Waals surface area contributed by atoms with Crippen LogP contribution >= 0.6 is 11.8 Å². The number of hydrogen-bond donors (Lipinski definition) is 0. The van der Waals surface area contributed by atoms with Crippen LogP contribution in [0, 0.1) is 0 Å². The summed E-state index contributed by atoms with van der Waals surface area (Å²) in [5.41, 5.74) is 0. The number of likely N-dealkylation sites (tertiary alicyclic amines) is 1. The number of thioether (sulfide) groups is 1. The molecule has 1 aromatic rings. The van der Waals surface area contributed by atoms with Crippen LogP contribution in [0.1, 0.15) is 24.0 Å². The highest BCUT2D eigenvalue weighted by Gasteiger charge is 2.31. The first kappa shape index (κ1) is 12.9. The van der Waals surface area contributed by atoms with Gasteiger partial charge in [-0.1, -0.05) is 16.9 Å². The third kappa shape index (κ3) is 2.63. The SMILES string of the molecule is CCOC(=O)c1nnc(SC2CCN(C)C2=O)o1. The average Bonchev–Trinajstić information content (AvgIpc) is 2.92. The molecule has 2 heterocycles. The predicted octanol–water partition coefficient (Wildman–Crippen LogP) is 0.569. The summed E-state index contributed by atoms with van der Waals surface area (Å²) in [5, 5.41) is 7.30. The van der Waals surface area contributed by atoms with Crippen LogP contribution in [-0.4, -0.2) is 52.4 Å². The van der Waals surface area contributed by atoms with Crippen LogP contribution in [0.15, 0.2) is 9.64 Å². The summed E-state index contributed by atoms with van der Waals surface area (Å²) in [6.45, 7) is 2.65. The number of ether oxygens (including phenoxy) is 1. The molecule has 0 radical (unpaired) electrons. The number of esters is 1. The second-order valence-electron chi connectivity index (χ2n) is 3.75. The van der Waals surface area contributed by atoms with Gasteiger partial charge in [-0.3, -0.25) is 4.79 Å². The van der Waals surface area contributed by atoms with Crippen LogP contribution in [0.2, 0.25) is 0 Å². The van der Waals surface area contributed by atoms with Crippen molar-refractivity contribution in [1.29, 1.82) is 0 Å². The van der Waals surface area contributed by atoms with Crippen molar-refractivity contribution in [3.8, 4) is 0 Å². The molecule has 0 aliphatic carbocycles. The van der Waals surface area contributed by atoms with Crippen LogP contribution in [-0.2, 0) is 9.53 Å². The van der Waals surface area contributed by atoms with E-state index in [2.05, 4.69) is 10.2 Å². The first-order valence-electron chi connectivity index (χ1n) is 5.54. The Morgan fingerprint density at radius 2 is 2.39 bits per heavy atom. The van der Waals surface area contributed by atoms with Gasteiger partial charge in [0.2, 0.25) is 5.91 Å². The molecular weight excluding hydrogens is 258 g/mol. The van der Waals surface area contributed by atoms with Crippen LogP contribution in [0.25, 0.3) is 0 Å². The largest absolute Gasteiger partial charge is 0.459 e. The van der Waals surface area contributed by atoms with Crippen molar-refractivity contribution in [3.05, 3.63) is 5.89 Å². The lowest BCUT2D eigenvalue weighted by Gasteiger charge is -2.07. The molecular formula is C10H13N3O4S. The summed E-state index contributed by atoms with van der Waals surface area (Å²) in [6.07, 6.45) is 0.733. The van der Waals surface area contributed by atoms with E-state index in [9.17, 15) is 9.59 Å². The van der Waals surface area contributed by atoms with Crippen LogP contribution in [0.5, 0.6) is 0 Å². The Hall–Kier alpha value is -1.57. The van der Waals surface area contributed by atoms with Crippen molar-refractivity contribution >= 4 is 23.6 Å². The fourth-order valence-electron chi connectivity index (χ4n) is 1.55. The van der Waals surface area contributed by atoms with Crippen molar-refractivity contribution in [2.75, 3.05) is 20.2 Å². The predicted molar refractivity (Wildman–Crippen MR) is 62.2 cm³/mol. The van der Waals surface area contributed by atoms with Crippen molar-refractivity contribution < 1.29 is 18.7 Å². The first-order chi connectivity index (χ1) is 8.61. The molecule has 1 unspecified atom stereocenters. The van der Waals surface area contributed by atoms with Crippen LogP contribution in [0.3, 0.4) is 0 Å². The van der Waals surface area contributed by atoms with Gasteiger partial charge in [0.1, 0.15) is 0 Å². The van der Waals surface area contributed by atoms with E-state index in [4.69, 9.17) is 9.15 Å². The van der Waals surface area contributed by atoms with E-state index < -0.39 is 5.97 Å². The van der Waals surface area contributed by atoms with Crippen LogP contribution in [0.4, 0.5) is 0 Å². The molecule has 1 saturated heterocycles. The maximum absolute atomic E-state index is 11.7. The van der Waals surface area contributed by atoms with Gasteiger partial charge in [-0.05, 0) is 13.3 Å². The Balaban J connectivity index is 1.99. The Bertz CT molecular complexity index is 462. The van der Waals surface area contributed by atoms with Gasteiger partial charge in [-0.2, -0.15) is 0 Å². The summed E-state index contributed by atoms with van der Waals surface area (Å²) in [5.74, 6) is -0.791. The number of carbonyl (C=O) groups is 2. The van der Waals surface area contributed by atoms with Gasteiger partial charge in [0.15, 0.2) is 0 Å². The fourth-order valence-corrected chi connectivity index (χ4v) is 2.52. The van der Waals surface area contributed by atoms with E-state index in [1.165, 1.54) is 11.8 Å². The van der Waals surface area contributed by atoms with E-state index >= 15 is 0 Å². The number of rotatable bonds is 4. The summed E-state index contributed by atoms with van der Waals surface area (Å²) in [6, 6.07) is 0. The highest BCUT2D eigenvalue weighted by atomic mass is 32.2. The van der Waals surface area contributed by atoms with E-state index in [1.54, 1.807) is 18.9 Å². The van der Waals surface area contributed by atoms with Gasteiger partial charge in [-0.25, -0.2) is 4.79 Å². The first-order valence-corrected chi connectivity index (χ1v) is 6.42. The molecule has 2 rings (SSSR count). The molecule has 18 heavy (non-hydrogen) atoms. The monoisotopic (exact) mass is 271 g/mol. The summed E-state index contributed by atoms with van der Waals surface area (Å²) >= 11 is 1.18. The van der Waals surface area contributed by atoms with Crippen molar-refractivity contribution in [2.45, 2.75) is 23.8 Å². The molecule has 0 bridgehead atoms. The molecule has 7 nitrogen and oxygen atoms in total. The molecule has 1 aliphatic rings. The maximum atomic E-state index is 11.7. The zero-order valence-electron chi connectivity index (χ0n) is 10.1. The van der Waals surface area contributed by atoms with Crippen molar-refractivity contribution in [3.63, 3.8) is 0 Å². The Morgan fingerprint density at radius 3 is 3.00 bits per heavy atom. The highest BCUT2D eigenvalue weighted by Crippen LogP contribution is 2.29. The molecule has 0 saturated carbocycles. The summed E-state index contributed by atoms with van der Waals surface area (Å²) in [7, 11) is 1.75. The topological polar surface area (TPSA) is 85.5 Å². The number of hydrogen-bond acceptors (Lipinski definition) is 7. The van der Waals surface area contributed by atoms with Gasteiger partial charge in [0, 0.05) is 13.6 Å². The molecule has 1 amide bonds. The number of nitrogens with zero attached hydrogens (tertiary/aromatic N) is 3. The molecule has 98 valence electrons. The van der Waals surface area contributed by atoms with Crippen molar-refractivity contribution in [2.24, 2.45) is 0 Å².